The fraction of sp³-hybridized carbons (Fsp3) is 0.385. The van der Waals surface area contributed by atoms with Crippen LogP contribution >= 0.6 is 0 Å². The van der Waals surface area contributed by atoms with Crippen molar-refractivity contribution in [2.24, 2.45) is 5.73 Å². The van der Waals surface area contributed by atoms with Gasteiger partial charge in [0.25, 0.3) is 11.8 Å². The maximum absolute atomic E-state index is 12.2. The molecule has 1 aliphatic rings. The second kappa shape index (κ2) is 5.53. The number of hydrogen-bond donors (Lipinski definition) is 1. The van der Waals surface area contributed by atoms with Gasteiger partial charge in [-0.15, -0.1) is 0 Å². The van der Waals surface area contributed by atoms with E-state index in [1.807, 2.05) is 0 Å². The molecule has 0 saturated carbocycles. The summed E-state index contributed by atoms with van der Waals surface area (Å²) in [6.07, 6.45) is 2.08. The number of amides is 2. The standard InChI is InChI=1S/C13H16N2O3/c14-12(16)9-18-11-6-2-1-5-10(11)13(17)15-7-3-4-8-15/h1-2,5-6H,3-4,7-9H2,(H2,14,16). The van der Waals surface area contributed by atoms with Crippen molar-refractivity contribution in [1.82, 2.24) is 4.90 Å². The number of rotatable bonds is 4. The monoisotopic (exact) mass is 248 g/mol. The van der Waals surface area contributed by atoms with E-state index in [1.54, 1.807) is 29.2 Å². The molecule has 0 spiro atoms. The molecule has 1 heterocycles. The van der Waals surface area contributed by atoms with Gasteiger partial charge in [-0.3, -0.25) is 9.59 Å². The number of ether oxygens (including phenoxy) is 1. The second-order valence-electron chi connectivity index (χ2n) is 4.25. The minimum Gasteiger partial charge on any atom is -0.483 e. The Bertz CT molecular complexity index is 453. The number of carbonyl (C=O) groups is 2. The molecular weight excluding hydrogens is 232 g/mol. The number of para-hydroxylation sites is 1. The first-order valence-electron chi connectivity index (χ1n) is 5.98. The zero-order valence-electron chi connectivity index (χ0n) is 10.1. The van der Waals surface area contributed by atoms with E-state index in [2.05, 4.69) is 0 Å². The molecule has 0 radical (unpaired) electrons. The van der Waals surface area contributed by atoms with Crippen LogP contribution in [-0.2, 0) is 4.79 Å². The molecule has 18 heavy (non-hydrogen) atoms. The predicted molar refractivity (Wildman–Crippen MR) is 66.3 cm³/mol. The molecule has 0 aromatic heterocycles. The van der Waals surface area contributed by atoms with Crippen LogP contribution in [0.15, 0.2) is 24.3 Å². The maximum atomic E-state index is 12.2. The van der Waals surface area contributed by atoms with E-state index in [4.69, 9.17) is 10.5 Å². The lowest BCUT2D eigenvalue weighted by molar-refractivity contribution is -0.119. The molecule has 0 aliphatic carbocycles. The lowest BCUT2D eigenvalue weighted by Gasteiger charge is -2.17. The lowest BCUT2D eigenvalue weighted by Crippen LogP contribution is -2.28. The van der Waals surface area contributed by atoms with Gasteiger partial charge < -0.3 is 15.4 Å². The number of nitrogens with zero attached hydrogens (tertiary/aromatic N) is 1. The smallest absolute Gasteiger partial charge is 0.257 e. The van der Waals surface area contributed by atoms with Gasteiger partial charge in [0.1, 0.15) is 5.75 Å². The summed E-state index contributed by atoms with van der Waals surface area (Å²) < 4.78 is 5.26. The number of primary amides is 1. The average molecular weight is 248 g/mol. The third-order valence-corrected chi connectivity index (χ3v) is 2.88. The van der Waals surface area contributed by atoms with Crippen molar-refractivity contribution in [3.63, 3.8) is 0 Å². The highest BCUT2D eigenvalue weighted by Gasteiger charge is 2.22. The molecule has 2 N–H and O–H groups in total. The minimum atomic E-state index is -0.557. The summed E-state index contributed by atoms with van der Waals surface area (Å²) in [4.78, 5) is 24.8. The van der Waals surface area contributed by atoms with Crippen molar-refractivity contribution in [2.75, 3.05) is 19.7 Å². The number of likely N-dealkylation sites (tertiary alicyclic amines) is 1. The van der Waals surface area contributed by atoms with Crippen LogP contribution in [0.2, 0.25) is 0 Å². The summed E-state index contributed by atoms with van der Waals surface area (Å²) in [5, 5.41) is 0. The van der Waals surface area contributed by atoms with E-state index in [0.717, 1.165) is 25.9 Å². The Labute approximate surface area is 106 Å². The van der Waals surface area contributed by atoms with Crippen molar-refractivity contribution in [3.8, 4) is 5.75 Å². The van der Waals surface area contributed by atoms with Crippen molar-refractivity contribution < 1.29 is 14.3 Å². The predicted octanol–water partition coefficient (Wildman–Crippen LogP) is 0.787. The lowest BCUT2D eigenvalue weighted by atomic mass is 10.2. The number of nitrogens with two attached hydrogens (primary N) is 1. The summed E-state index contributed by atoms with van der Waals surface area (Å²) >= 11 is 0. The van der Waals surface area contributed by atoms with E-state index in [1.165, 1.54) is 0 Å². The Balaban J connectivity index is 2.15. The molecule has 1 fully saturated rings. The van der Waals surface area contributed by atoms with Crippen molar-refractivity contribution >= 4 is 11.8 Å². The van der Waals surface area contributed by atoms with Gasteiger partial charge in [0.2, 0.25) is 0 Å². The molecule has 0 atom stereocenters. The number of benzene rings is 1. The van der Waals surface area contributed by atoms with Gasteiger partial charge in [-0.05, 0) is 25.0 Å². The number of carbonyl (C=O) groups excluding carboxylic acids is 2. The summed E-state index contributed by atoms with van der Waals surface area (Å²) in [6.45, 7) is 1.34. The van der Waals surface area contributed by atoms with Crippen LogP contribution in [0.25, 0.3) is 0 Å². The highest BCUT2D eigenvalue weighted by molar-refractivity contribution is 5.97. The zero-order chi connectivity index (χ0) is 13.0. The molecule has 5 nitrogen and oxygen atoms in total. The highest BCUT2D eigenvalue weighted by atomic mass is 16.5. The first kappa shape index (κ1) is 12.4. The highest BCUT2D eigenvalue weighted by Crippen LogP contribution is 2.21. The van der Waals surface area contributed by atoms with E-state index in [0.29, 0.717) is 11.3 Å². The number of hydrogen-bond acceptors (Lipinski definition) is 3. The van der Waals surface area contributed by atoms with Crippen LogP contribution < -0.4 is 10.5 Å². The first-order chi connectivity index (χ1) is 8.68. The normalized spacial score (nSPS) is 14.6. The second-order valence-corrected chi connectivity index (χ2v) is 4.25. The van der Waals surface area contributed by atoms with Crippen LogP contribution in [0, 0.1) is 0 Å². The van der Waals surface area contributed by atoms with Gasteiger partial charge in [-0.25, -0.2) is 0 Å². The molecule has 96 valence electrons. The SMILES string of the molecule is NC(=O)COc1ccccc1C(=O)N1CCCC1. The van der Waals surface area contributed by atoms with E-state index >= 15 is 0 Å². The minimum absolute atomic E-state index is 0.0485. The largest absolute Gasteiger partial charge is 0.483 e. The zero-order valence-corrected chi connectivity index (χ0v) is 10.1. The molecule has 0 unspecified atom stereocenters. The van der Waals surface area contributed by atoms with Gasteiger partial charge in [0.05, 0.1) is 5.56 Å². The van der Waals surface area contributed by atoms with Gasteiger partial charge in [-0.1, -0.05) is 12.1 Å². The van der Waals surface area contributed by atoms with E-state index < -0.39 is 5.91 Å². The molecule has 1 saturated heterocycles. The Morgan fingerprint density at radius 3 is 2.56 bits per heavy atom. The molecule has 1 aliphatic heterocycles. The van der Waals surface area contributed by atoms with E-state index in [9.17, 15) is 9.59 Å². The van der Waals surface area contributed by atoms with Crippen LogP contribution in [0.4, 0.5) is 0 Å². The topological polar surface area (TPSA) is 72.6 Å². The molecule has 0 bridgehead atoms. The van der Waals surface area contributed by atoms with Gasteiger partial charge >= 0.3 is 0 Å². The Morgan fingerprint density at radius 1 is 1.22 bits per heavy atom. The quantitative estimate of drug-likeness (QED) is 0.856. The van der Waals surface area contributed by atoms with Crippen LogP contribution in [0.1, 0.15) is 23.2 Å². The Hall–Kier alpha value is -2.04. The fourth-order valence-electron chi connectivity index (χ4n) is 2.01. The molecule has 1 aromatic rings. The first-order valence-corrected chi connectivity index (χ1v) is 5.98. The molecular formula is C13H16N2O3. The Morgan fingerprint density at radius 2 is 1.89 bits per heavy atom. The molecule has 2 amide bonds. The van der Waals surface area contributed by atoms with Crippen molar-refractivity contribution in [3.05, 3.63) is 29.8 Å². The fourth-order valence-corrected chi connectivity index (χ4v) is 2.01. The van der Waals surface area contributed by atoms with Crippen molar-refractivity contribution in [1.29, 1.82) is 0 Å². The summed E-state index contributed by atoms with van der Waals surface area (Å²) in [6, 6.07) is 6.92. The summed E-state index contributed by atoms with van der Waals surface area (Å²) in [5.41, 5.74) is 5.52. The van der Waals surface area contributed by atoms with Crippen molar-refractivity contribution in [2.45, 2.75) is 12.8 Å². The van der Waals surface area contributed by atoms with E-state index in [-0.39, 0.29) is 12.5 Å². The van der Waals surface area contributed by atoms with Gasteiger partial charge in [0, 0.05) is 13.1 Å². The maximum Gasteiger partial charge on any atom is 0.257 e. The van der Waals surface area contributed by atoms with Gasteiger partial charge in [-0.2, -0.15) is 0 Å². The molecule has 2 rings (SSSR count). The third kappa shape index (κ3) is 2.80. The third-order valence-electron chi connectivity index (χ3n) is 2.88. The van der Waals surface area contributed by atoms with Crippen LogP contribution in [0.3, 0.4) is 0 Å². The van der Waals surface area contributed by atoms with Gasteiger partial charge in [0.15, 0.2) is 6.61 Å². The van der Waals surface area contributed by atoms with Crippen LogP contribution in [-0.4, -0.2) is 36.4 Å². The Kier molecular flexibility index (Phi) is 3.82. The summed E-state index contributed by atoms with van der Waals surface area (Å²) in [7, 11) is 0. The van der Waals surface area contributed by atoms with Crippen LogP contribution in [0.5, 0.6) is 5.75 Å². The molecule has 5 heteroatoms. The average Bonchev–Trinajstić information content (AvgIpc) is 2.89. The molecule has 1 aromatic carbocycles. The summed E-state index contributed by atoms with van der Waals surface area (Å²) in [5.74, 6) is -0.195.